The molecule has 30 heavy (non-hydrogen) atoms. The minimum absolute atomic E-state index is 0.160. The number of hydrogen-bond donors (Lipinski definition) is 1. The number of pyridine rings is 1. The lowest BCUT2D eigenvalue weighted by Gasteiger charge is -2.10. The average Bonchev–Trinajstić information content (AvgIpc) is 3.15. The summed E-state index contributed by atoms with van der Waals surface area (Å²) in [7, 11) is 0. The lowest BCUT2D eigenvalue weighted by atomic mass is 10.1. The van der Waals surface area contributed by atoms with Gasteiger partial charge in [-0.25, -0.2) is 4.98 Å². The fourth-order valence-corrected chi connectivity index (χ4v) is 4.10. The quantitative estimate of drug-likeness (QED) is 0.476. The Balaban J connectivity index is 1.67. The first-order chi connectivity index (χ1) is 14.4. The van der Waals surface area contributed by atoms with Gasteiger partial charge in [0.05, 0.1) is 24.9 Å². The normalized spacial score (nSPS) is 11.3. The number of benzene rings is 1. The molecular weight excluding hydrogens is 422 g/mol. The minimum atomic E-state index is -0.219. The third kappa shape index (κ3) is 4.17. The van der Waals surface area contributed by atoms with E-state index in [2.05, 4.69) is 9.97 Å². The molecule has 0 aliphatic rings. The van der Waals surface area contributed by atoms with Gasteiger partial charge in [-0.3, -0.25) is 14.2 Å². The Morgan fingerprint density at radius 3 is 2.70 bits per heavy atom. The van der Waals surface area contributed by atoms with E-state index in [-0.39, 0.29) is 23.3 Å². The van der Waals surface area contributed by atoms with Gasteiger partial charge in [0, 0.05) is 33.9 Å². The number of nitrogens with one attached hydrogen (secondary N) is 1. The number of ether oxygens (including phenoxy) is 1. The molecule has 1 aromatic carbocycles. The maximum absolute atomic E-state index is 13.2. The van der Waals surface area contributed by atoms with Gasteiger partial charge in [0.1, 0.15) is 4.83 Å². The van der Waals surface area contributed by atoms with Crippen molar-refractivity contribution >= 4 is 33.2 Å². The summed E-state index contributed by atoms with van der Waals surface area (Å²) < 4.78 is 7.01. The third-order valence-corrected chi connectivity index (χ3v) is 5.70. The SMILES string of the molecule is CC(C)COc1c[nH]c(Cn2cnc3scc(-c4ccc(Cl)cc4)c3c2=O)cc1=O. The zero-order valence-corrected chi connectivity index (χ0v) is 18.1. The number of thiophene rings is 1. The van der Waals surface area contributed by atoms with Crippen molar-refractivity contribution in [1.29, 1.82) is 0 Å². The van der Waals surface area contributed by atoms with E-state index in [0.717, 1.165) is 11.1 Å². The summed E-state index contributed by atoms with van der Waals surface area (Å²) in [5.74, 6) is 0.595. The van der Waals surface area contributed by atoms with Crippen molar-refractivity contribution in [3.63, 3.8) is 0 Å². The van der Waals surface area contributed by atoms with Crippen LogP contribution in [-0.2, 0) is 6.54 Å². The number of aromatic nitrogens is 3. The van der Waals surface area contributed by atoms with E-state index < -0.39 is 0 Å². The Labute approximate surface area is 181 Å². The molecular formula is C22H20ClN3O3S. The topological polar surface area (TPSA) is 77.0 Å². The highest BCUT2D eigenvalue weighted by molar-refractivity contribution is 7.17. The molecule has 0 saturated carbocycles. The first kappa shape index (κ1) is 20.4. The van der Waals surface area contributed by atoms with Crippen molar-refractivity contribution in [2.45, 2.75) is 20.4 Å². The molecule has 1 N–H and O–H groups in total. The molecule has 4 aromatic rings. The average molecular weight is 442 g/mol. The van der Waals surface area contributed by atoms with E-state index in [0.29, 0.717) is 33.5 Å². The predicted molar refractivity (Wildman–Crippen MR) is 121 cm³/mol. The summed E-state index contributed by atoms with van der Waals surface area (Å²) in [5.41, 5.74) is 1.95. The number of H-pyrrole nitrogens is 1. The van der Waals surface area contributed by atoms with Crippen molar-refractivity contribution in [1.82, 2.24) is 14.5 Å². The van der Waals surface area contributed by atoms with Crippen LogP contribution in [0.2, 0.25) is 5.02 Å². The van der Waals surface area contributed by atoms with Crippen LogP contribution in [0.5, 0.6) is 5.75 Å². The van der Waals surface area contributed by atoms with E-state index in [9.17, 15) is 9.59 Å². The van der Waals surface area contributed by atoms with Crippen molar-refractivity contribution in [3.05, 3.63) is 79.5 Å². The van der Waals surface area contributed by atoms with Crippen molar-refractivity contribution in [3.8, 4) is 16.9 Å². The van der Waals surface area contributed by atoms with Crippen molar-refractivity contribution < 1.29 is 4.74 Å². The van der Waals surface area contributed by atoms with Crippen LogP contribution >= 0.6 is 22.9 Å². The van der Waals surface area contributed by atoms with Gasteiger partial charge in [-0.1, -0.05) is 37.6 Å². The van der Waals surface area contributed by atoms with Crippen LogP contribution in [0.25, 0.3) is 21.3 Å². The van der Waals surface area contributed by atoms with E-state index in [1.807, 2.05) is 31.4 Å². The molecule has 154 valence electrons. The van der Waals surface area contributed by atoms with Crippen molar-refractivity contribution in [2.24, 2.45) is 5.92 Å². The smallest absolute Gasteiger partial charge is 0.263 e. The highest BCUT2D eigenvalue weighted by Crippen LogP contribution is 2.31. The Hall–Kier alpha value is -2.90. The lowest BCUT2D eigenvalue weighted by Crippen LogP contribution is -2.22. The number of hydrogen-bond acceptors (Lipinski definition) is 5. The maximum Gasteiger partial charge on any atom is 0.263 e. The van der Waals surface area contributed by atoms with Crippen LogP contribution in [-0.4, -0.2) is 21.1 Å². The summed E-state index contributed by atoms with van der Waals surface area (Å²) in [6, 6.07) is 8.81. The molecule has 3 aromatic heterocycles. The number of rotatable bonds is 6. The van der Waals surface area contributed by atoms with Crippen LogP contribution in [0, 0.1) is 5.92 Å². The molecule has 3 heterocycles. The first-order valence-electron chi connectivity index (χ1n) is 9.49. The maximum atomic E-state index is 13.2. The summed E-state index contributed by atoms with van der Waals surface area (Å²) in [5, 5.41) is 3.12. The molecule has 8 heteroatoms. The van der Waals surface area contributed by atoms with E-state index in [1.165, 1.54) is 28.3 Å². The summed E-state index contributed by atoms with van der Waals surface area (Å²) in [6.45, 7) is 4.70. The second-order valence-electron chi connectivity index (χ2n) is 7.41. The summed E-state index contributed by atoms with van der Waals surface area (Å²) in [4.78, 5) is 33.6. The monoisotopic (exact) mass is 441 g/mol. The molecule has 0 fully saturated rings. The third-order valence-electron chi connectivity index (χ3n) is 4.57. The first-order valence-corrected chi connectivity index (χ1v) is 10.7. The lowest BCUT2D eigenvalue weighted by molar-refractivity contribution is 0.267. The largest absolute Gasteiger partial charge is 0.488 e. The Morgan fingerprint density at radius 1 is 1.23 bits per heavy atom. The number of halogens is 1. The fraction of sp³-hybridized carbons (Fsp3) is 0.227. The molecule has 0 unspecified atom stereocenters. The van der Waals surface area contributed by atoms with E-state index in [1.54, 1.807) is 18.3 Å². The number of fused-ring (bicyclic) bond motifs is 1. The Kier molecular flexibility index (Phi) is 5.74. The Morgan fingerprint density at radius 2 is 2.00 bits per heavy atom. The summed E-state index contributed by atoms with van der Waals surface area (Å²) in [6.07, 6.45) is 3.05. The van der Waals surface area contributed by atoms with Crippen LogP contribution in [0.15, 0.2) is 57.8 Å². The fourth-order valence-electron chi connectivity index (χ4n) is 3.07. The van der Waals surface area contributed by atoms with Gasteiger partial charge in [0.25, 0.3) is 5.56 Å². The van der Waals surface area contributed by atoms with Gasteiger partial charge < -0.3 is 9.72 Å². The molecule has 0 radical (unpaired) electrons. The van der Waals surface area contributed by atoms with Gasteiger partial charge in [0.2, 0.25) is 5.43 Å². The number of nitrogens with zero attached hydrogens (tertiary/aromatic N) is 2. The molecule has 0 spiro atoms. The second-order valence-corrected chi connectivity index (χ2v) is 8.70. The molecule has 6 nitrogen and oxygen atoms in total. The zero-order valence-electron chi connectivity index (χ0n) is 16.5. The molecule has 0 aliphatic carbocycles. The highest BCUT2D eigenvalue weighted by Gasteiger charge is 2.14. The second kappa shape index (κ2) is 8.45. The molecule has 0 amide bonds. The predicted octanol–water partition coefficient (Wildman–Crippen LogP) is 4.55. The van der Waals surface area contributed by atoms with Gasteiger partial charge in [-0.05, 0) is 23.6 Å². The van der Waals surface area contributed by atoms with Gasteiger partial charge >= 0.3 is 0 Å². The van der Waals surface area contributed by atoms with Crippen LogP contribution < -0.4 is 15.7 Å². The molecule has 0 aliphatic heterocycles. The minimum Gasteiger partial charge on any atom is -0.488 e. The van der Waals surface area contributed by atoms with Gasteiger partial charge in [-0.2, -0.15) is 0 Å². The van der Waals surface area contributed by atoms with E-state index >= 15 is 0 Å². The standard InChI is InChI=1S/C22H20ClN3O3S/c1-13(2)10-29-19-8-24-16(7-18(19)27)9-26-12-25-21-20(22(26)28)17(11-30-21)14-3-5-15(23)6-4-14/h3-8,11-13H,9-10H2,1-2H3,(H,24,27). The van der Waals surface area contributed by atoms with E-state index in [4.69, 9.17) is 16.3 Å². The van der Waals surface area contributed by atoms with Crippen molar-refractivity contribution in [2.75, 3.05) is 6.61 Å². The Bertz CT molecular complexity index is 1310. The van der Waals surface area contributed by atoms with Gasteiger partial charge in [0.15, 0.2) is 5.75 Å². The summed E-state index contributed by atoms with van der Waals surface area (Å²) >= 11 is 7.41. The molecule has 0 saturated heterocycles. The highest BCUT2D eigenvalue weighted by atomic mass is 35.5. The van der Waals surface area contributed by atoms with Crippen LogP contribution in [0.1, 0.15) is 19.5 Å². The molecule has 0 bridgehead atoms. The van der Waals surface area contributed by atoms with Crippen LogP contribution in [0.3, 0.4) is 0 Å². The molecule has 4 rings (SSSR count). The van der Waals surface area contributed by atoms with Gasteiger partial charge in [-0.15, -0.1) is 11.3 Å². The number of aromatic amines is 1. The zero-order chi connectivity index (χ0) is 21.3. The molecule has 0 atom stereocenters. The van der Waals surface area contributed by atoms with Crippen LogP contribution in [0.4, 0.5) is 0 Å².